The summed E-state index contributed by atoms with van der Waals surface area (Å²) >= 11 is 0. The minimum absolute atomic E-state index is 0.0185. The molecule has 1 aromatic heterocycles. The van der Waals surface area contributed by atoms with Gasteiger partial charge in [0.15, 0.2) is 5.84 Å². The van der Waals surface area contributed by atoms with Gasteiger partial charge in [-0.3, -0.25) is 0 Å². The van der Waals surface area contributed by atoms with Crippen molar-refractivity contribution in [3.05, 3.63) is 53.7 Å². The predicted molar refractivity (Wildman–Crippen MR) is 68.0 cm³/mol. The molecule has 0 saturated heterocycles. The predicted octanol–water partition coefficient (Wildman–Crippen LogP) is 2.28. The molecule has 2 rings (SSSR count). The lowest BCUT2D eigenvalue weighted by molar-refractivity contribution is 0.318. The molecule has 0 radical (unpaired) electrons. The van der Waals surface area contributed by atoms with Crippen molar-refractivity contribution < 1.29 is 9.94 Å². The third-order valence-electron chi connectivity index (χ3n) is 2.45. The summed E-state index contributed by atoms with van der Waals surface area (Å²) in [5.74, 6) is 1.23. The van der Waals surface area contributed by atoms with Crippen LogP contribution in [-0.4, -0.2) is 16.0 Å². The summed E-state index contributed by atoms with van der Waals surface area (Å²) in [5.41, 5.74) is 7.00. The lowest BCUT2D eigenvalue weighted by atomic mass is 10.2. The van der Waals surface area contributed by atoms with Crippen LogP contribution >= 0.6 is 0 Å². The number of nitrogens with two attached hydrogens (primary N) is 1. The van der Waals surface area contributed by atoms with Crippen LogP contribution in [0.3, 0.4) is 0 Å². The molecule has 0 spiro atoms. The van der Waals surface area contributed by atoms with E-state index in [0.717, 1.165) is 11.3 Å². The SMILES string of the molecule is Cc1ccccc1Oc1ccc(/C(N)=N/O)cn1. The van der Waals surface area contributed by atoms with E-state index in [1.807, 2.05) is 31.2 Å². The van der Waals surface area contributed by atoms with Gasteiger partial charge >= 0.3 is 0 Å². The van der Waals surface area contributed by atoms with Gasteiger partial charge in [-0.1, -0.05) is 23.4 Å². The molecule has 2 aromatic rings. The highest BCUT2D eigenvalue weighted by molar-refractivity contribution is 5.96. The Bertz CT molecular complexity index is 565. The van der Waals surface area contributed by atoms with E-state index < -0.39 is 0 Å². The van der Waals surface area contributed by atoms with Crippen molar-refractivity contribution in [2.24, 2.45) is 10.9 Å². The monoisotopic (exact) mass is 243 g/mol. The van der Waals surface area contributed by atoms with Gasteiger partial charge < -0.3 is 15.7 Å². The van der Waals surface area contributed by atoms with Crippen molar-refractivity contribution in [3.63, 3.8) is 0 Å². The van der Waals surface area contributed by atoms with Gasteiger partial charge in [-0.25, -0.2) is 4.98 Å². The Hall–Kier alpha value is -2.56. The number of ether oxygens (including phenoxy) is 1. The highest BCUT2D eigenvalue weighted by Crippen LogP contribution is 2.22. The maximum absolute atomic E-state index is 8.53. The molecule has 1 aromatic carbocycles. The van der Waals surface area contributed by atoms with Gasteiger partial charge in [0.25, 0.3) is 0 Å². The zero-order valence-corrected chi connectivity index (χ0v) is 9.87. The minimum Gasteiger partial charge on any atom is -0.439 e. The average molecular weight is 243 g/mol. The van der Waals surface area contributed by atoms with Crippen LogP contribution in [0.4, 0.5) is 0 Å². The maximum Gasteiger partial charge on any atom is 0.219 e. The summed E-state index contributed by atoms with van der Waals surface area (Å²) in [6.07, 6.45) is 1.49. The van der Waals surface area contributed by atoms with Crippen molar-refractivity contribution in [1.82, 2.24) is 4.98 Å². The number of rotatable bonds is 3. The summed E-state index contributed by atoms with van der Waals surface area (Å²) in [5, 5.41) is 11.4. The molecule has 0 unspecified atom stereocenters. The summed E-state index contributed by atoms with van der Waals surface area (Å²) in [6.45, 7) is 1.96. The van der Waals surface area contributed by atoms with Crippen LogP contribution in [-0.2, 0) is 0 Å². The van der Waals surface area contributed by atoms with Crippen LogP contribution in [0, 0.1) is 6.92 Å². The van der Waals surface area contributed by atoms with Gasteiger partial charge in [0.05, 0.1) is 0 Å². The molecule has 1 heterocycles. The van der Waals surface area contributed by atoms with Gasteiger partial charge in [0, 0.05) is 17.8 Å². The third-order valence-corrected chi connectivity index (χ3v) is 2.45. The molecule has 0 saturated carbocycles. The third kappa shape index (κ3) is 2.57. The topological polar surface area (TPSA) is 80.7 Å². The molecule has 92 valence electrons. The zero-order chi connectivity index (χ0) is 13.0. The number of pyridine rings is 1. The highest BCUT2D eigenvalue weighted by atomic mass is 16.5. The molecular formula is C13H13N3O2. The van der Waals surface area contributed by atoms with Crippen molar-refractivity contribution in [3.8, 4) is 11.6 Å². The number of aryl methyl sites for hydroxylation is 1. The number of benzene rings is 1. The van der Waals surface area contributed by atoms with E-state index in [-0.39, 0.29) is 5.84 Å². The number of hydrogen-bond donors (Lipinski definition) is 2. The van der Waals surface area contributed by atoms with Gasteiger partial charge in [-0.15, -0.1) is 0 Å². The Morgan fingerprint density at radius 1 is 1.28 bits per heavy atom. The number of hydrogen-bond acceptors (Lipinski definition) is 4. The minimum atomic E-state index is 0.0185. The first kappa shape index (κ1) is 11.9. The molecular weight excluding hydrogens is 230 g/mol. The van der Waals surface area contributed by atoms with Gasteiger partial charge in [-0.05, 0) is 24.6 Å². The number of oxime groups is 1. The number of amidine groups is 1. The Morgan fingerprint density at radius 3 is 2.67 bits per heavy atom. The molecule has 0 aliphatic heterocycles. The molecule has 0 atom stereocenters. The van der Waals surface area contributed by atoms with Crippen LogP contribution < -0.4 is 10.5 Å². The average Bonchev–Trinajstić information content (AvgIpc) is 2.41. The molecule has 3 N–H and O–H groups in total. The largest absolute Gasteiger partial charge is 0.439 e. The molecule has 0 bridgehead atoms. The van der Waals surface area contributed by atoms with E-state index in [1.165, 1.54) is 6.20 Å². The van der Waals surface area contributed by atoms with Gasteiger partial charge in [0.1, 0.15) is 5.75 Å². The van der Waals surface area contributed by atoms with E-state index in [4.69, 9.17) is 15.7 Å². The molecule has 18 heavy (non-hydrogen) atoms. The first-order chi connectivity index (χ1) is 8.70. The van der Waals surface area contributed by atoms with Crippen LogP contribution in [0.15, 0.2) is 47.8 Å². The fourth-order valence-corrected chi connectivity index (χ4v) is 1.43. The van der Waals surface area contributed by atoms with Gasteiger partial charge in [-0.2, -0.15) is 0 Å². The first-order valence-corrected chi connectivity index (χ1v) is 5.38. The van der Waals surface area contributed by atoms with Crippen LogP contribution in [0.5, 0.6) is 11.6 Å². The normalized spacial score (nSPS) is 11.3. The van der Waals surface area contributed by atoms with Gasteiger partial charge in [0.2, 0.25) is 5.88 Å². The van der Waals surface area contributed by atoms with E-state index >= 15 is 0 Å². The Labute approximate surface area is 105 Å². The summed E-state index contributed by atoms with van der Waals surface area (Å²) < 4.78 is 5.62. The lowest BCUT2D eigenvalue weighted by Gasteiger charge is -2.07. The number of nitrogens with zero attached hydrogens (tertiary/aromatic N) is 2. The van der Waals surface area contributed by atoms with E-state index in [2.05, 4.69) is 10.1 Å². The lowest BCUT2D eigenvalue weighted by Crippen LogP contribution is -2.13. The summed E-state index contributed by atoms with van der Waals surface area (Å²) in [4.78, 5) is 4.09. The van der Waals surface area contributed by atoms with E-state index in [9.17, 15) is 0 Å². The Kier molecular flexibility index (Phi) is 3.43. The zero-order valence-electron chi connectivity index (χ0n) is 9.87. The quantitative estimate of drug-likeness (QED) is 0.375. The smallest absolute Gasteiger partial charge is 0.219 e. The molecule has 0 aliphatic rings. The number of para-hydroxylation sites is 1. The van der Waals surface area contributed by atoms with Crippen molar-refractivity contribution in [2.45, 2.75) is 6.92 Å². The standard InChI is InChI=1S/C13H13N3O2/c1-9-4-2-3-5-11(9)18-12-7-6-10(8-15-12)13(14)16-17/h2-8,17H,1H3,(H2,14,16). The van der Waals surface area contributed by atoms with Crippen molar-refractivity contribution in [1.29, 1.82) is 0 Å². The molecule has 0 amide bonds. The molecule has 5 heteroatoms. The first-order valence-electron chi connectivity index (χ1n) is 5.38. The summed E-state index contributed by atoms with van der Waals surface area (Å²) in [6, 6.07) is 11.0. The molecule has 0 fully saturated rings. The van der Waals surface area contributed by atoms with Crippen molar-refractivity contribution >= 4 is 5.84 Å². The van der Waals surface area contributed by atoms with Crippen molar-refractivity contribution in [2.75, 3.05) is 0 Å². The second-order valence-electron chi connectivity index (χ2n) is 3.74. The van der Waals surface area contributed by atoms with E-state index in [0.29, 0.717) is 11.4 Å². The second-order valence-corrected chi connectivity index (χ2v) is 3.74. The van der Waals surface area contributed by atoms with Crippen LogP contribution in [0.1, 0.15) is 11.1 Å². The maximum atomic E-state index is 8.53. The highest BCUT2D eigenvalue weighted by Gasteiger charge is 2.03. The Morgan fingerprint density at radius 2 is 2.06 bits per heavy atom. The molecule has 0 aliphatic carbocycles. The fourth-order valence-electron chi connectivity index (χ4n) is 1.43. The van der Waals surface area contributed by atoms with E-state index in [1.54, 1.807) is 12.1 Å². The van der Waals surface area contributed by atoms with Crippen LogP contribution in [0.2, 0.25) is 0 Å². The van der Waals surface area contributed by atoms with Crippen LogP contribution in [0.25, 0.3) is 0 Å². The second kappa shape index (κ2) is 5.18. The Balaban J connectivity index is 2.19. The fraction of sp³-hybridized carbons (Fsp3) is 0.0769. The summed E-state index contributed by atoms with van der Waals surface area (Å²) in [7, 11) is 0. The molecule has 5 nitrogen and oxygen atoms in total. The number of aromatic nitrogens is 1.